The second-order valence-corrected chi connectivity index (χ2v) is 6.59. The van der Waals surface area contributed by atoms with Gasteiger partial charge in [-0.25, -0.2) is 4.98 Å². The highest BCUT2D eigenvalue weighted by Crippen LogP contribution is 2.33. The lowest BCUT2D eigenvalue weighted by Crippen LogP contribution is -2.39. The van der Waals surface area contributed by atoms with E-state index in [9.17, 15) is 4.79 Å². The summed E-state index contributed by atoms with van der Waals surface area (Å²) < 4.78 is 0. The fourth-order valence-electron chi connectivity index (χ4n) is 3.69. The highest BCUT2D eigenvalue weighted by atomic mass is 32.1. The van der Waals surface area contributed by atoms with Crippen LogP contribution in [-0.2, 0) is 6.54 Å². The van der Waals surface area contributed by atoms with Crippen molar-refractivity contribution in [3.63, 3.8) is 0 Å². The topological polar surface area (TPSA) is 49.3 Å². The van der Waals surface area contributed by atoms with Crippen LogP contribution in [0.2, 0.25) is 0 Å². The van der Waals surface area contributed by atoms with E-state index >= 15 is 0 Å². The zero-order chi connectivity index (χ0) is 14.9. The van der Waals surface area contributed by atoms with Crippen molar-refractivity contribution in [2.45, 2.75) is 31.5 Å². The standard InChI is InChI=1S/C16H18N4OS/c21-16(13-10-22-11-18-13)20-8-5-14-15(20)4-7-19(14)9-12-3-1-2-6-17-12/h1-3,6,10-11,14-15H,4-5,7-9H2/t14-,15+/m1/s1. The van der Waals surface area contributed by atoms with Crippen LogP contribution in [0.1, 0.15) is 29.0 Å². The molecule has 2 aromatic heterocycles. The van der Waals surface area contributed by atoms with Gasteiger partial charge < -0.3 is 4.90 Å². The van der Waals surface area contributed by atoms with E-state index in [0.717, 1.165) is 38.2 Å². The van der Waals surface area contributed by atoms with E-state index in [1.807, 2.05) is 28.6 Å². The number of carbonyl (C=O) groups is 1. The van der Waals surface area contributed by atoms with Crippen LogP contribution in [-0.4, -0.2) is 50.8 Å². The predicted molar refractivity (Wildman–Crippen MR) is 84.6 cm³/mol. The summed E-state index contributed by atoms with van der Waals surface area (Å²) in [5.74, 6) is 0.0911. The van der Waals surface area contributed by atoms with Crippen LogP contribution >= 0.6 is 11.3 Å². The molecule has 114 valence electrons. The minimum Gasteiger partial charge on any atom is -0.333 e. The van der Waals surface area contributed by atoms with Gasteiger partial charge in [0, 0.05) is 43.3 Å². The van der Waals surface area contributed by atoms with E-state index in [1.165, 1.54) is 11.3 Å². The van der Waals surface area contributed by atoms with Gasteiger partial charge in [-0.3, -0.25) is 14.7 Å². The molecule has 0 spiro atoms. The van der Waals surface area contributed by atoms with E-state index in [1.54, 1.807) is 5.51 Å². The van der Waals surface area contributed by atoms with Gasteiger partial charge in [-0.05, 0) is 25.0 Å². The molecule has 2 aromatic rings. The lowest BCUT2D eigenvalue weighted by atomic mass is 10.1. The molecule has 2 atom stereocenters. The van der Waals surface area contributed by atoms with Crippen LogP contribution < -0.4 is 0 Å². The number of amides is 1. The van der Waals surface area contributed by atoms with Crippen molar-refractivity contribution in [1.82, 2.24) is 19.8 Å². The molecule has 0 aromatic carbocycles. The number of nitrogens with zero attached hydrogens (tertiary/aromatic N) is 4. The first-order valence-electron chi connectivity index (χ1n) is 7.66. The van der Waals surface area contributed by atoms with Gasteiger partial charge in [0.1, 0.15) is 5.69 Å². The van der Waals surface area contributed by atoms with Gasteiger partial charge >= 0.3 is 0 Å². The SMILES string of the molecule is O=C(c1cscn1)N1CC[C@@H]2[C@@H]1CCN2Cc1ccccn1. The van der Waals surface area contributed by atoms with Gasteiger partial charge in [-0.15, -0.1) is 11.3 Å². The average molecular weight is 314 g/mol. The van der Waals surface area contributed by atoms with E-state index in [4.69, 9.17) is 0 Å². The molecule has 0 unspecified atom stereocenters. The second kappa shape index (κ2) is 5.78. The maximum atomic E-state index is 12.6. The van der Waals surface area contributed by atoms with Crippen LogP contribution in [0.4, 0.5) is 0 Å². The number of pyridine rings is 1. The molecule has 0 saturated carbocycles. The molecular weight excluding hydrogens is 296 g/mol. The van der Waals surface area contributed by atoms with Crippen molar-refractivity contribution < 1.29 is 4.79 Å². The molecule has 2 fully saturated rings. The van der Waals surface area contributed by atoms with Gasteiger partial charge in [0.25, 0.3) is 5.91 Å². The minimum absolute atomic E-state index is 0.0911. The molecule has 22 heavy (non-hydrogen) atoms. The summed E-state index contributed by atoms with van der Waals surface area (Å²) in [4.78, 5) is 25.6. The average Bonchev–Trinajstić information content (AvgIpc) is 3.26. The highest BCUT2D eigenvalue weighted by molar-refractivity contribution is 7.07. The van der Waals surface area contributed by atoms with E-state index in [0.29, 0.717) is 17.8 Å². The van der Waals surface area contributed by atoms with E-state index in [2.05, 4.69) is 20.9 Å². The van der Waals surface area contributed by atoms with Crippen LogP contribution in [0.5, 0.6) is 0 Å². The Morgan fingerprint density at radius 2 is 2.14 bits per heavy atom. The normalized spacial score (nSPS) is 24.6. The van der Waals surface area contributed by atoms with Gasteiger partial charge in [0.05, 0.1) is 11.2 Å². The smallest absolute Gasteiger partial charge is 0.273 e. The maximum absolute atomic E-state index is 12.6. The third-order valence-corrected chi connectivity index (χ3v) is 5.28. The summed E-state index contributed by atoms with van der Waals surface area (Å²) in [5, 5.41) is 1.84. The van der Waals surface area contributed by atoms with Gasteiger partial charge in [0.2, 0.25) is 0 Å². The Labute approximate surface area is 133 Å². The monoisotopic (exact) mass is 314 g/mol. The minimum atomic E-state index is 0.0911. The van der Waals surface area contributed by atoms with Crippen LogP contribution in [0, 0.1) is 0 Å². The quantitative estimate of drug-likeness (QED) is 0.870. The van der Waals surface area contributed by atoms with Crippen LogP contribution in [0.25, 0.3) is 0 Å². The predicted octanol–water partition coefficient (Wildman–Crippen LogP) is 2.03. The molecule has 0 radical (unpaired) electrons. The van der Waals surface area contributed by atoms with E-state index in [-0.39, 0.29) is 5.91 Å². The van der Waals surface area contributed by atoms with Crippen molar-refractivity contribution in [2.24, 2.45) is 0 Å². The first kappa shape index (κ1) is 13.8. The Hall–Kier alpha value is -1.79. The molecule has 2 aliphatic heterocycles. The lowest BCUT2D eigenvalue weighted by Gasteiger charge is -2.25. The lowest BCUT2D eigenvalue weighted by molar-refractivity contribution is 0.0726. The fraction of sp³-hybridized carbons (Fsp3) is 0.438. The van der Waals surface area contributed by atoms with Gasteiger partial charge in [-0.2, -0.15) is 0 Å². The number of likely N-dealkylation sites (tertiary alicyclic amines) is 2. The molecule has 2 aliphatic rings. The number of thiazole rings is 1. The summed E-state index contributed by atoms with van der Waals surface area (Å²) in [6.07, 6.45) is 3.94. The second-order valence-electron chi connectivity index (χ2n) is 5.88. The van der Waals surface area contributed by atoms with Crippen molar-refractivity contribution in [1.29, 1.82) is 0 Å². The Morgan fingerprint density at radius 3 is 2.91 bits per heavy atom. The third kappa shape index (κ3) is 2.42. The van der Waals surface area contributed by atoms with Crippen LogP contribution in [0.3, 0.4) is 0 Å². The summed E-state index contributed by atoms with van der Waals surface area (Å²) >= 11 is 1.48. The molecule has 1 amide bonds. The Morgan fingerprint density at radius 1 is 1.23 bits per heavy atom. The third-order valence-electron chi connectivity index (χ3n) is 4.69. The summed E-state index contributed by atoms with van der Waals surface area (Å²) in [7, 11) is 0. The largest absolute Gasteiger partial charge is 0.333 e. The molecule has 5 nitrogen and oxygen atoms in total. The fourth-order valence-corrected chi connectivity index (χ4v) is 4.21. The first-order valence-corrected chi connectivity index (χ1v) is 8.60. The number of carbonyl (C=O) groups excluding carboxylic acids is 1. The maximum Gasteiger partial charge on any atom is 0.273 e. The van der Waals surface area contributed by atoms with Crippen molar-refractivity contribution in [3.8, 4) is 0 Å². The van der Waals surface area contributed by atoms with Crippen molar-refractivity contribution in [2.75, 3.05) is 13.1 Å². The molecule has 4 heterocycles. The summed E-state index contributed by atoms with van der Waals surface area (Å²) in [6.45, 7) is 2.75. The number of aromatic nitrogens is 2. The molecular formula is C16H18N4OS. The zero-order valence-electron chi connectivity index (χ0n) is 12.3. The molecule has 2 saturated heterocycles. The molecule has 4 rings (SSSR count). The molecule has 6 heteroatoms. The number of rotatable bonds is 3. The number of hydrogen-bond acceptors (Lipinski definition) is 5. The van der Waals surface area contributed by atoms with Crippen molar-refractivity contribution >= 4 is 17.2 Å². The molecule has 0 aliphatic carbocycles. The van der Waals surface area contributed by atoms with Crippen LogP contribution in [0.15, 0.2) is 35.3 Å². The zero-order valence-corrected chi connectivity index (χ0v) is 13.1. The van der Waals surface area contributed by atoms with Crippen molar-refractivity contribution in [3.05, 3.63) is 46.7 Å². The summed E-state index contributed by atoms with van der Waals surface area (Å²) in [6, 6.07) is 6.84. The van der Waals surface area contributed by atoms with E-state index < -0.39 is 0 Å². The van der Waals surface area contributed by atoms with Gasteiger partial charge in [0.15, 0.2) is 0 Å². The number of hydrogen-bond donors (Lipinski definition) is 0. The Balaban J connectivity index is 1.46. The Kier molecular flexibility index (Phi) is 3.63. The molecule has 0 bridgehead atoms. The first-order chi connectivity index (χ1) is 10.8. The number of fused-ring (bicyclic) bond motifs is 1. The highest BCUT2D eigenvalue weighted by Gasteiger charge is 2.44. The summed E-state index contributed by atoms with van der Waals surface area (Å²) in [5.41, 5.74) is 3.42. The Bertz CT molecular complexity index is 645. The van der Waals surface area contributed by atoms with Gasteiger partial charge in [-0.1, -0.05) is 6.07 Å². The molecule has 0 N–H and O–H groups in total.